The summed E-state index contributed by atoms with van der Waals surface area (Å²) >= 11 is 6.21. The highest BCUT2D eigenvalue weighted by atomic mass is 35.5. The number of esters is 1. The fraction of sp³-hybridized carbons (Fsp3) is 0.423. The quantitative estimate of drug-likeness (QED) is 0.503. The summed E-state index contributed by atoms with van der Waals surface area (Å²) in [6.45, 7) is 1.41. The lowest BCUT2D eigenvalue weighted by Crippen LogP contribution is -2.40. The number of hydrogen-bond donors (Lipinski definition) is 1. The number of carbonyl (C=O) groups is 3. The predicted octanol–water partition coefficient (Wildman–Crippen LogP) is 4.43. The van der Waals surface area contributed by atoms with Gasteiger partial charge < -0.3 is 10.1 Å². The number of anilines is 2. The highest BCUT2D eigenvalue weighted by Gasteiger charge is 2.42. The van der Waals surface area contributed by atoms with Gasteiger partial charge in [-0.15, -0.1) is 0 Å². The van der Waals surface area contributed by atoms with Crippen LogP contribution in [0.3, 0.4) is 0 Å². The molecule has 2 aromatic rings. The molecule has 4 rings (SSSR count). The number of hydrogen-bond acceptors (Lipinski definition) is 6. The number of ether oxygens (including phenoxy) is 1. The topological polar surface area (TPSA) is 110 Å². The van der Waals surface area contributed by atoms with Crippen LogP contribution in [0.1, 0.15) is 39.0 Å². The summed E-state index contributed by atoms with van der Waals surface area (Å²) in [5.74, 6) is -1.44. The number of ketones is 1. The number of rotatable bonds is 8. The van der Waals surface area contributed by atoms with E-state index in [2.05, 4.69) is 5.32 Å². The number of sulfonamides is 1. The van der Waals surface area contributed by atoms with Gasteiger partial charge in [0.05, 0.1) is 27.2 Å². The number of carbonyl (C=O) groups excluding carboxylic acids is 3. The summed E-state index contributed by atoms with van der Waals surface area (Å²) in [5.41, 5.74) is 0.613. The van der Waals surface area contributed by atoms with E-state index < -0.39 is 28.5 Å². The van der Waals surface area contributed by atoms with E-state index in [0.717, 1.165) is 19.3 Å². The second-order valence-electron chi connectivity index (χ2n) is 9.20. The minimum absolute atomic E-state index is 0.0386. The second kappa shape index (κ2) is 11.0. The molecule has 2 fully saturated rings. The highest BCUT2D eigenvalue weighted by molar-refractivity contribution is 7.92. The Kier molecular flexibility index (Phi) is 8.00. The van der Waals surface area contributed by atoms with Gasteiger partial charge in [-0.05, 0) is 62.9 Å². The molecule has 8 nitrogen and oxygen atoms in total. The molecule has 2 bridgehead atoms. The van der Waals surface area contributed by atoms with Gasteiger partial charge in [-0.2, -0.15) is 0 Å². The average molecular weight is 533 g/mol. The van der Waals surface area contributed by atoms with E-state index in [-0.39, 0.29) is 45.7 Å². The SMILES string of the molecule is CCN(c1ccccc1)S(=O)(=O)c1ccc(Cl)c(NC(=O)COC(=O)C2CC3CCCC(C2)C3=O)c1. The van der Waals surface area contributed by atoms with Gasteiger partial charge in [0.1, 0.15) is 5.78 Å². The molecular formula is C26H29ClN2O6S. The first-order chi connectivity index (χ1) is 17.2. The molecule has 0 radical (unpaired) electrons. The van der Waals surface area contributed by atoms with Gasteiger partial charge >= 0.3 is 5.97 Å². The molecule has 2 aliphatic rings. The van der Waals surface area contributed by atoms with Crippen molar-refractivity contribution in [2.45, 2.75) is 43.9 Å². The van der Waals surface area contributed by atoms with E-state index in [0.29, 0.717) is 18.5 Å². The maximum Gasteiger partial charge on any atom is 0.309 e. The monoisotopic (exact) mass is 532 g/mol. The summed E-state index contributed by atoms with van der Waals surface area (Å²) in [7, 11) is -3.92. The molecule has 2 saturated carbocycles. The lowest BCUT2D eigenvalue weighted by Gasteiger charge is -2.36. The molecule has 1 N–H and O–H groups in total. The first kappa shape index (κ1) is 26.2. The van der Waals surface area contributed by atoms with Gasteiger partial charge in [-0.3, -0.25) is 18.7 Å². The van der Waals surface area contributed by atoms with E-state index in [1.54, 1.807) is 37.3 Å². The predicted molar refractivity (Wildman–Crippen MR) is 136 cm³/mol. The molecule has 10 heteroatoms. The third-order valence-electron chi connectivity index (χ3n) is 6.86. The molecule has 0 aliphatic heterocycles. The van der Waals surface area contributed by atoms with Crippen LogP contribution in [0.25, 0.3) is 0 Å². The number of fused-ring (bicyclic) bond motifs is 2. The molecule has 192 valence electrons. The molecular weight excluding hydrogens is 504 g/mol. The van der Waals surface area contributed by atoms with E-state index >= 15 is 0 Å². The Hall–Kier alpha value is -2.91. The second-order valence-corrected chi connectivity index (χ2v) is 11.5. The normalized spacial score (nSPS) is 21.5. The zero-order valence-electron chi connectivity index (χ0n) is 20.0. The number of nitrogens with zero attached hydrogens (tertiary/aromatic N) is 1. The van der Waals surface area contributed by atoms with Crippen LogP contribution in [0.2, 0.25) is 5.02 Å². The van der Waals surface area contributed by atoms with E-state index in [4.69, 9.17) is 16.3 Å². The van der Waals surface area contributed by atoms with Crippen LogP contribution in [-0.2, 0) is 29.1 Å². The highest BCUT2D eigenvalue weighted by Crippen LogP contribution is 2.40. The molecule has 2 aromatic carbocycles. The summed E-state index contributed by atoms with van der Waals surface area (Å²) in [4.78, 5) is 37.3. The third-order valence-corrected chi connectivity index (χ3v) is 9.09. The Morgan fingerprint density at radius 2 is 1.75 bits per heavy atom. The number of halogens is 1. The third kappa shape index (κ3) is 5.57. The molecule has 0 aromatic heterocycles. The maximum absolute atomic E-state index is 13.3. The van der Waals surface area contributed by atoms with E-state index in [1.807, 2.05) is 0 Å². The van der Waals surface area contributed by atoms with Crippen LogP contribution in [0, 0.1) is 17.8 Å². The first-order valence-corrected chi connectivity index (χ1v) is 13.9. The Labute approximate surface area is 216 Å². The molecule has 36 heavy (non-hydrogen) atoms. The fourth-order valence-electron chi connectivity index (χ4n) is 5.09. The van der Waals surface area contributed by atoms with Crippen molar-refractivity contribution in [1.82, 2.24) is 0 Å². The van der Waals surface area contributed by atoms with E-state index in [9.17, 15) is 22.8 Å². The Balaban J connectivity index is 1.40. The van der Waals surface area contributed by atoms with Crippen LogP contribution >= 0.6 is 11.6 Å². The molecule has 2 aliphatic carbocycles. The van der Waals surface area contributed by atoms with Crippen LogP contribution in [0.4, 0.5) is 11.4 Å². The number of para-hydroxylation sites is 1. The standard InChI is InChI=1S/C26H29ClN2O6S/c1-2-29(20-9-4-3-5-10-20)36(33,34)21-11-12-22(27)23(15-21)28-24(30)16-35-26(32)19-13-17-7-6-8-18(14-19)25(17)31/h3-5,9-12,15,17-19H,2,6-8,13-14,16H2,1H3,(H,28,30). The number of Topliss-reactive ketones (excluding diaryl/α,β-unsaturated/α-hetero) is 1. The minimum atomic E-state index is -3.92. The number of benzene rings is 2. The lowest BCUT2D eigenvalue weighted by atomic mass is 9.67. The number of nitrogens with one attached hydrogen (secondary N) is 1. The van der Waals surface area contributed by atoms with Crippen LogP contribution < -0.4 is 9.62 Å². The van der Waals surface area contributed by atoms with E-state index in [1.165, 1.54) is 22.5 Å². The van der Waals surface area contributed by atoms with Crippen molar-refractivity contribution in [2.24, 2.45) is 17.8 Å². The van der Waals surface area contributed by atoms with Crippen molar-refractivity contribution in [3.05, 3.63) is 53.6 Å². The van der Waals surface area contributed by atoms with Crippen molar-refractivity contribution in [3.8, 4) is 0 Å². The Bertz CT molecular complexity index is 1230. The van der Waals surface area contributed by atoms with Crippen molar-refractivity contribution < 1.29 is 27.5 Å². The lowest BCUT2D eigenvalue weighted by molar-refractivity contribution is -0.155. The number of amides is 1. The summed E-state index contributed by atoms with van der Waals surface area (Å²) in [6, 6.07) is 12.8. The minimum Gasteiger partial charge on any atom is -0.455 e. The summed E-state index contributed by atoms with van der Waals surface area (Å²) < 4.78 is 33.1. The Morgan fingerprint density at radius 3 is 2.39 bits per heavy atom. The van der Waals surface area contributed by atoms with Crippen molar-refractivity contribution in [2.75, 3.05) is 22.8 Å². The van der Waals surface area contributed by atoms with Crippen LogP contribution in [-0.4, -0.2) is 39.2 Å². The van der Waals surface area contributed by atoms with Gasteiger partial charge in [0.25, 0.3) is 15.9 Å². The van der Waals surface area contributed by atoms with Gasteiger partial charge in [0.2, 0.25) is 0 Å². The summed E-state index contributed by atoms with van der Waals surface area (Å²) in [6.07, 6.45) is 3.55. The largest absolute Gasteiger partial charge is 0.455 e. The fourth-order valence-corrected chi connectivity index (χ4v) is 6.75. The van der Waals surface area contributed by atoms with Gasteiger partial charge in [0, 0.05) is 18.4 Å². The average Bonchev–Trinajstić information content (AvgIpc) is 2.84. The van der Waals surface area contributed by atoms with Crippen molar-refractivity contribution >= 4 is 50.7 Å². The van der Waals surface area contributed by atoms with Gasteiger partial charge in [-0.1, -0.05) is 36.2 Å². The molecule has 0 spiro atoms. The molecule has 2 atom stereocenters. The maximum atomic E-state index is 13.3. The van der Waals surface area contributed by atoms with Crippen LogP contribution in [0.15, 0.2) is 53.4 Å². The molecule has 2 unspecified atom stereocenters. The zero-order chi connectivity index (χ0) is 25.9. The van der Waals surface area contributed by atoms with Crippen molar-refractivity contribution in [1.29, 1.82) is 0 Å². The smallest absolute Gasteiger partial charge is 0.309 e. The molecule has 0 heterocycles. The van der Waals surface area contributed by atoms with Gasteiger partial charge in [0.15, 0.2) is 6.61 Å². The molecule has 1 amide bonds. The summed E-state index contributed by atoms with van der Waals surface area (Å²) in [5, 5.41) is 2.69. The van der Waals surface area contributed by atoms with Crippen LogP contribution in [0.5, 0.6) is 0 Å². The van der Waals surface area contributed by atoms with Gasteiger partial charge in [-0.25, -0.2) is 8.42 Å². The van der Waals surface area contributed by atoms with Crippen molar-refractivity contribution in [3.63, 3.8) is 0 Å². The zero-order valence-corrected chi connectivity index (χ0v) is 21.6. The molecule has 0 saturated heterocycles. The first-order valence-electron chi connectivity index (χ1n) is 12.1. The Morgan fingerprint density at radius 1 is 1.08 bits per heavy atom.